The Hall–Kier alpha value is -3.19. The van der Waals surface area contributed by atoms with E-state index in [1.54, 1.807) is 6.07 Å². The number of nitrogens with one attached hydrogen (secondary N) is 1. The van der Waals surface area contributed by atoms with Gasteiger partial charge in [-0.25, -0.2) is 9.18 Å². The Balaban J connectivity index is 0.00000256. The van der Waals surface area contributed by atoms with Crippen molar-refractivity contribution in [2.75, 3.05) is 31.6 Å². The summed E-state index contributed by atoms with van der Waals surface area (Å²) in [6.07, 6.45) is 1.46. The molecule has 2 aliphatic rings. The summed E-state index contributed by atoms with van der Waals surface area (Å²) in [5.41, 5.74) is 3.27. The molecule has 6 nitrogen and oxygen atoms in total. The van der Waals surface area contributed by atoms with Gasteiger partial charge < -0.3 is 15.0 Å². The Morgan fingerprint density at radius 1 is 1.27 bits per heavy atom. The summed E-state index contributed by atoms with van der Waals surface area (Å²) in [6.45, 7) is 0.768. The number of hydrogen-bond acceptors (Lipinski definition) is 5. The molecule has 0 saturated heterocycles. The number of fused-ring (bicyclic) bond motifs is 1. The van der Waals surface area contributed by atoms with Crippen LogP contribution in [0, 0.1) is 5.82 Å². The van der Waals surface area contributed by atoms with Gasteiger partial charge in [0.25, 0.3) is 5.91 Å². The second kappa shape index (κ2) is 9.09. The maximum absolute atomic E-state index is 14.0. The van der Waals surface area contributed by atoms with E-state index in [1.165, 1.54) is 18.2 Å². The number of carbonyl (C=O) groups excluding carboxylic acids is 2. The highest BCUT2D eigenvalue weighted by atomic mass is 35.5. The minimum atomic E-state index is -0.617. The van der Waals surface area contributed by atoms with Gasteiger partial charge in [0.05, 0.1) is 18.3 Å². The van der Waals surface area contributed by atoms with Crippen LogP contribution in [0.4, 0.5) is 10.1 Å². The molecular formula is C22H21ClFN3O3. The monoisotopic (exact) mass is 429 g/mol. The van der Waals surface area contributed by atoms with Crippen molar-refractivity contribution in [1.82, 2.24) is 5.32 Å². The van der Waals surface area contributed by atoms with Crippen LogP contribution in [-0.4, -0.2) is 50.4 Å². The first kappa shape index (κ1) is 21.5. The van der Waals surface area contributed by atoms with Gasteiger partial charge in [0, 0.05) is 30.4 Å². The number of hydrogen-bond donors (Lipinski definition) is 1. The van der Waals surface area contributed by atoms with Gasteiger partial charge >= 0.3 is 5.97 Å². The van der Waals surface area contributed by atoms with Gasteiger partial charge in [-0.3, -0.25) is 9.79 Å². The number of anilines is 1. The fourth-order valence-corrected chi connectivity index (χ4v) is 3.50. The average molecular weight is 430 g/mol. The van der Waals surface area contributed by atoms with Crippen LogP contribution in [0.5, 0.6) is 0 Å². The molecule has 0 aromatic heterocycles. The third-order valence-electron chi connectivity index (χ3n) is 5.11. The van der Waals surface area contributed by atoms with E-state index in [0.717, 1.165) is 16.8 Å². The number of ether oxygens (including phenoxy) is 1. The number of rotatable bonds is 4. The molecule has 0 bridgehead atoms. The number of aliphatic imine (C=N–C) groups is 1. The quantitative estimate of drug-likeness (QED) is 0.599. The van der Waals surface area contributed by atoms with Gasteiger partial charge in [-0.1, -0.05) is 30.3 Å². The fraction of sp³-hybridized carbons (Fsp3) is 0.227. The lowest BCUT2D eigenvalue weighted by molar-refractivity contribution is -0.137. The molecule has 0 fully saturated rings. The fourth-order valence-electron chi connectivity index (χ4n) is 3.50. The lowest BCUT2D eigenvalue weighted by Crippen LogP contribution is -2.44. The molecule has 4 rings (SSSR count). The Bertz CT molecular complexity index is 1020. The molecule has 30 heavy (non-hydrogen) atoms. The molecular weight excluding hydrogens is 409 g/mol. The number of likely N-dealkylation sites (N-methyl/N-ethyl adjacent to an activating group) is 1. The van der Waals surface area contributed by atoms with E-state index in [4.69, 9.17) is 9.73 Å². The number of carbonyl (C=O) groups is 2. The first-order chi connectivity index (χ1) is 14.0. The van der Waals surface area contributed by atoms with Crippen molar-refractivity contribution >= 4 is 35.7 Å². The zero-order valence-corrected chi connectivity index (χ0v) is 17.1. The van der Waals surface area contributed by atoms with Crippen LogP contribution < -0.4 is 10.2 Å². The number of halogens is 2. The highest BCUT2D eigenvalue weighted by molar-refractivity contribution is 6.17. The van der Waals surface area contributed by atoms with E-state index in [2.05, 4.69) is 5.32 Å². The number of nitrogens with zero attached hydrogens (tertiary/aromatic N) is 2. The lowest BCUT2D eigenvalue weighted by Gasteiger charge is -2.29. The zero-order chi connectivity index (χ0) is 20.4. The van der Waals surface area contributed by atoms with Crippen LogP contribution in [0.2, 0.25) is 0 Å². The molecule has 1 N–H and O–H groups in total. The van der Waals surface area contributed by atoms with Gasteiger partial charge in [0.2, 0.25) is 0 Å². The summed E-state index contributed by atoms with van der Waals surface area (Å²) in [5, 5.41) is 2.77. The van der Waals surface area contributed by atoms with E-state index < -0.39 is 11.9 Å². The molecule has 8 heteroatoms. The number of benzene rings is 2. The van der Waals surface area contributed by atoms with Gasteiger partial charge in [-0.15, -0.1) is 12.4 Å². The van der Waals surface area contributed by atoms with Crippen LogP contribution >= 0.6 is 12.4 Å². The summed E-state index contributed by atoms with van der Waals surface area (Å²) < 4.78 is 18.8. The van der Waals surface area contributed by atoms with E-state index >= 15 is 0 Å². The smallest absolute Gasteiger partial charge is 0.343 e. The van der Waals surface area contributed by atoms with Crippen molar-refractivity contribution in [1.29, 1.82) is 0 Å². The maximum Gasteiger partial charge on any atom is 0.343 e. The number of cyclic esters (lactones) is 1. The Labute approximate surface area is 179 Å². The summed E-state index contributed by atoms with van der Waals surface area (Å²) in [4.78, 5) is 30.5. The largest absolute Gasteiger partial charge is 0.458 e. The first-order valence-electron chi connectivity index (χ1n) is 9.32. The predicted molar refractivity (Wildman–Crippen MR) is 115 cm³/mol. The lowest BCUT2D eigenvalue weighted by atomic mass is 10.00. The molecule has 156 valence electrons. The van der Waals surface area contributed by atoms with Crippen LogP contribution in [0.25, 0.3) is 0 Å². The third-order valence-corrected chi connectivity index (χ3v) is 5.11. The summed E-state index contributed by atoms with van der Waals surface area (Å²) >= 11 is 0. The molecule has 1 amide bonds. The Morgan fingerprint density at radius 2 is 2.03 bits per heavy atom. The number of benzodiazepines with no additional fused rings is 1. The maximum atomic E-state index is 14.0. The molecule has 2 heterocycles. The van der Waals surface area contributed by atoms with Crippen LogP contribution in [-0.2, 0) is 14.3 Å². The summed E-state index contributed by atoms with van der Waals surface area (Å²) in [6, 6.07) is 14.1. The second-order valence-electron chi connectivity index (χ2n) is 6.91. The topological polar surface area (TPSA) is 71.0 Å². The molecule has 0 radical (unpaired) electrons. The Morgan fingerprint density at radius 3 is 2.73 bits per heavy atom. The van der Waals surface area contributed by atoms with E-state index in [1.807, 2.05) is 42.3 Å². The van der Waals surface area contributed by atoms with Crippen molar-refractivity contribution in [2.24, 2.45) is 4.99 Å². The normalized spacial score (nSPS) is 17.7. The van der Waals surface area contributed by atoms with E-state index in [0.29, 0.717) is 12.2 Å². The molecule has 2 aliphatic heterocycles. The highest BCUT2D eigenvalue weighted by Gasteiger charge is 2.28. The van der Waals surface area contributed by atoms with Gasteiger partial charge in [0.1, 0.15) is 18.0 Å². The molecule has 2 aromatic carbocycles. The van der Waals surface area contributed by atoms with Crippen molar-refractivity contribution in [3.63, 3.8) is 0 Å². The van der Waals surface area contributed by atoms with Gasteiger partial charge in [0.15, 0.2) is 0 Å². The first-order valence-corrected chi connectivity index (χ1v) is 9.32. The van der Waals surface area contributed by atoms with Crippen molar-refractivity contribution in [3.05, 3.63) is 77.1 Å². The van der Waals surface area contributed by atoms with Gasteiger partial charge in [-0.05, 0) is 24.3 Å². The van der Waals surface area contributed by atoms with E-state index in [-0.39, 0.29) is 43.0 Å². The SMILES string of the molecule is CN1c2cc(F)ccc2C(c2ccccc2)=NCC1CNC(=O)C1=CCOC1=O.Cl. The molecule has 0 aliphatic carbocycles. The number of amides is 1. The van der Waals surface area contributed by atoms with Crippen LogP contribution in [0.1, 0.15) is 11.1 Å². The minimum Gasteiger partial charge on any atom is -0.458 e. The summed E-state index contributed by atoms with van der Waals surface area (Å²) in [5.74, 6) is -1.43. The molecule has 1 unspecified atom stereocenters. The summed E-state index contributed by atoms with van der Waals surface area (Å²) in [7, 11) is 1.85. The molecule has 0 saturated carbocycles. The number of esters is 1. The average Bonchev–Trinajstić information content (AvgIpc) is 3.11. The van der Waals surface area contributed by atoms with Crippen LogP contribution in [0.3, 0.4) is 0 Å². The standard InChI is InChI=1S/C22H20FN3O3.ClH/c1-26-16(13-25-21(27)18-9-10-29-22(18)28)12-24-20(14-5-3-2-4-6-14)17-8-7-15(23)11-19(17)26;/h2-9,11,16H,10,12-13H2,1H3,(H,25,27);1H. The highest BCUT2D eigenvalue weighted by Crippen LogP contribution is 2.28. The second-order valence-corrected chi connectivity index (χ2v) is 6.91. The molecule has 0 spiro atoms. The Kier molecular flexibility index (Phi) is 6.52. The van der Waals surface area contributed by atoms with E-state index in [9.17, 15) is 14.0 Å². The van der Waals surface area contributed by atoms with Crippen molar-refractivity contribution in [2.45, 2.75) is 6.04 Å². The van der Waals surface area contributed by atoms with Crippen molar-refractivity contribution < 1.29 is 18.7 Å². The molecule has 1 atom stereocenters. The van der Waals surface area contributed by atoms with Gasteiger partial charge in [-0.2, -0.15) is 0 Å². The van der Waals surface area contributed by atoms with Crippen molar-refractivity contribution in [3.8, 4) is 0 Å². The zero-order valence-electron chi connectivity index (χ0n) is 16.3. The molecule has 2 aromatic rings. The predicted octanol–water partition coefficient (Wildman–Crippen LogP) is 2.50. The third kappa shape index (κ3) is 4.21. The van der Waals surface area contributed by atoms with Crippen LogP contribution in [0.15, 0.2) is 65.2 Å². The minimum absolute atomic E-state index is 0.